The Morgan fingerprint density at radius 1 is 1.09 bits per heavy atom. The largest absolute Gasteiger partial charge is 0.339 e. The number of nitrogens with two attached hydrogens (primary N) is 1. The first-order valence-corrected chi connectivity index (χ1v) is 8.47. The molecule has 118 valence electrons. The van der Waals surface area contributed by atoms with Crippen molar-refractivity contribution in [2.45, 2.75) is 44.1 Å². The van der Waals surface area contributed by atoms with Gasteiger partial charge >= 0.3 is 0 Å². The fourth-order valence-corrected chi connectivity index (χ4v) is 4.06. The van der Waals surface area contributed by atoms with Crippen molar-refractivity contribution >= 4 is 5.91 Å². The number of nitrogens with zero attached hydrogens (tertiary/aromatic N) is 1. The first-order valence-electron chi connectivity index (χ1n) is 8.47. The summed E-state index contributed by atoms with van der Waals surface area (Å²) in [5.74, 6) is 0.547. The van der Waals surface area contributed by atoms with Crippen molar-refractivity contribution in [2.24, 2.45) is 11.7 Å². The Bertz CT molecular complexity index is 534. The molecule has 22 heavy (non-hydrogen) atoms. The number of carbonyl (C=O) groups is 1. The number of hydrogen-bond acceptors (Lipinski definition) is 2. The molecule has 2 fully saturated rings. The third kappa shape index (κ3) is 2.95. The second kappa shape index (κ2) is 6.66. The Morgan fingerprint density at radius 3 is 2.45 bits per heavy atom. The minimum Gasteiger partial charge on any atom is -0.339 e. The van der Waals surface area contributed by atoms with Crippen molar-refractivity contribution in [3.8, 4) is 0 Å². The molecular formula is C19H26N2O. The van der Waals surface area contributed by atoms with Crippen molar-refractivity contribution in [3.05, 3.63) is 48.0 Å². The molecule has 1 saturated heterocycles. The molecule has 0 aromatic heterocycles. The zero-order valence-corrected chi connectivity index (χ0v) is 13.2. The minimum atomic E-state index is 0.115. The standard InChI is InChI=1S/C19H26N2O/c1-14(19(22)21-12-5-6-13-21)16-10-7-11-17(20)18(16)15-8-3-2-4-9-15/h2-4,8-9,16-18H,1,5-7,10-13,20H2/t16-,17-,18-/m0/s1. The second-order valence-electron chi connectivity index (χ2n) is 6.66. The fraction of sp³-hybridized carbons (Fsp3) is 0.526. The van der Waals surface area contributed by atoms with Crippen molar-refractivity contribution in [3.63, 3.8) is 0 Å². The lowest BCUT2D eigenvalue weighted by atomic mass is 9.69. The molecule has 3 nitrogen and oxygen atoms in total. The number of likely N-dealkylation sites (tertiary alicyclic amines) is 1. The number of hydrogen-bond donors (Lipinski definition) is 1. The van der Waals surface area contributed by atoms with Crippen LogP contribution in [0.15, 0.2) is 42.5 Å². The van der Waals surface area contributed by atoms with Gasteiger partial charge in [-0.15, -0.1) is 0 Å². The van der Waals surface area contributed by atoms with Crippen LogP contribution in [0.3, 0.4) is 0 Å². The highest BCUT2D eigenvalue weighted by Crippen LogP contribution is 2.41. The summed E-state index contributed by atoms with van der Waals surface area (Å²) in [5.41, 5.74) is 8.44. The number of amides is 1. The molecule has 1 heterocycles. The first-order chi connectivity index (χ1) is 10.7. The van der Waals surface area contributed by atoms with Crippen LogP contribution in [0.25, 0.3) is 0 Å². The molecule has 0 unspecified atom stereocenters. The van der Waals surface area contributed by atoms with E-state index in [1.54, 1.807) is 0 Å². The second-order valence-corrected chi connectivity index (χ2v) is 6.66. The molecule has 1 saturated carbocycles. The summed E-state index contributed by atoms with van der Waals surface area (Å²) in [7, 11) is 0. The summed E-state index contributed by atoms with van der Waals surface area (Å²) in [4.78, 5) is 14.7. The molecule has 2 aliphatic rings. The monoisotopic (exact) mass is 298 g/mol. The Labute approximate surface area is 133 Å². The molecular weight excluding hydrogens is 272 g/mol. The molecule has 0 bridgehead atoms. The van der Waals surface area contributed by atoms with E-state index in [2.05, 4.69) is 30.8 Å². The maximum atomic E-state index is 12.7. The SMILES string of the molecule is C=C(C(=O)N1CCCC1)[C@@H]1CCC[C@H](N)[C@H]1c1ccccc1. The summed E-state index contributed by atoms with van der Waals surface area (Å²) >= 11 is 0. The van der Waals surface area contributed by atoms with Gasteiger partial charge in [0, 0.05) is 30.6 Å². The Balaban J connectivity index is 1.82. The average Bonchev–Trinajstić information content (AvgIpc) is 3.08. The molecule has 3 heteroatoms. The molecule has 1 amide bonds. The molecule has 1 aromatic rings. The highest BCUT2D eigenvalue weighted by Gasteiger charge is 2.37. The van der Waals surface area contributed by atoms with Gasteiger partial charge in [-0.2, -0.15) is 0 Å². The Hall–Kier alpha value is -1.61. The van der Waals surface area contributed by atoms with Crippen molar-refractivity contribution in [1.29, 1.82) is 0 Å². The maximum absolute atomic E-state index is 12.7. The summed E-state index contributed by atoms with van der Waals surface area (Å²) in [5, 5.41) is 0. The number of benzene rings is 1. The van der Waals surface area contributed by atoms with Crippen LogP contribution in [0.1, 0.15) is 43.6 Å². The normalized spacial score (nSPS) is 28.6. The van der Waals surface area contributed by atoms with E-state index in [0.29, 0.717) is 0 Å². The number of rotatable bonds is 3. The van der Waals surface area contributed by atoms with Crippen LogP contribution in [0, 0.1) is 5.92 Å². The van der Waals surface area contributed by atoms with E-state index in [9.17, 15) is 4.79 Å². The van der Waals surface area contributed by atoms with Gasteiger partial charge in [0.05, 0.1) is 0 Å². The molecule has 1 aliphatic heterocycles. The van der Waals surface area contributed by atoms with Crippen LogP contribution in [0.2, 0.25) is 0 Å². The maximum Gasteiger partial charge on any atom is 0.249 e. The highest BCUT2D eigenvalue weighted by molar-refractivity contribution is 5.93. The molecule has 0 spiro atoms. The Morgan fingerprint density at radius 2 is 1.77 bits per heavy atom. The van der Waals surface area contributed by atoms with Crippen molar-refractivity contribution in [2.75, 3.05) is 13.1 Å². The summed E-state index contributed by atoms with van der Waals surface area (Å²) in [6.07, 6.45) is 5.37. The van der Waals surface area contributed by atoms with Crippen LogP contribution >= 0.6 is 0 Å². The van der Waals surface area contributed by atoms with E-state index in [4.69, 9.17) is 5.73 Å². The van der Waals surface area contributed by atoms with E-state index < -0.39 is 0 Å². The van der Waals surface area contributed by atoms with Gasteiger partial charge in [0.25, 0.3) is 0 Å². The predicted molar refractivity (Wildman–Crippen MR) is 89.5 cm³/mol. The van der Waals surface area contributed by atoms with Crippen LogP contribution in [-0.2, 0) is 4.79 Å². The fourth-order valence-electron chi connectivity index (χ4n) is 4.06. The third-order valence-corrected chi connectivity index (χ3v) is 5.25. The van der Waals surface area contributed by atoms with Gasteiger partial charge in [-0.05, 0) is 37.2 Å². The smallest absolute Gasteiger partial charge is 0.249 e. The topological polar surface area (TPSA) is 46.3 Å². The van der Waals surface area contributed by atoms with Crippen LogP contribution in [-0.4, -0.2) is 29.9 Å². The lowest BCUT2D eigenvalue weighted by Crippen LogP contribution is -2.41. The summed E-state index contributed by atoms with van der Waals surface area (Å²) in [6.45, 7) is 5.95. The van der Waals surface area contributed by atoms with Crippen LogP contribution < -0.4 is 5.73 Å². The van der Waals surface area contributed by atoms with Gasteiger partial charge in [0.1, 0.15) is 0 Å². The molecule has 3 rings (SSSR count). The van der Waals surface area contributed by atoms with Gasteiger partial charge in [-0.1, -0.05) is 43.3 Å². The van der Waals surface area contributed by atoms with Gasteiger partial charge in [0.2, 0.25) is 5.91 Å². The van der Waals surface area contributed by atoms with Gasteiger partial charge in [0.15, 0.2) is 0 Å². The highest BCUT2D eigenvalue weighted by atomic mass is 16.2. The lowest BCUT2D eigenvalue weighted by Gasteiger charge is -2.38. The van der Waals surface area contributed by atoms with E-state index in [-0.39, 0.29) is 23.8 Å². The van der Waals surface area contributed by atoms with E-state index >= 15 is 0 Å². The van der Waals surface area contributed by atoms with Crippen molar-refractivity contribution in [1.82, 2.24) is 4.90 Å². The molecule has 1 aromatic carbocycles. The quantitative estimate of drug-likeness (QED) is 0.872. The zero-order valence-electron chi connectivity index (χ0n) is 13.2. The van der Waals surface area contributed by atoms with Crippen LogP contribution in [0.5, 0.6) is 0 Å². The molecule has 3 atom stereocenters. The predicted octanol–water partition coefficient (Wildman–Crippen LogP) is 3.08. The summed E-state index contributed by atoms with van der Waals surface area (Å²) in [6, 6.07) is 10.5. The average molecular weight is 298 g/mol. The van der Waals surface area contributed by atoms with Gasteiger partial charge in [-0.25, -0.2) is 0 Å². The number of carbonyl (C=O) groups excluding carboxylic acids is 1. The Kier molecular flexibility index (Phi) is 4.63. The molecule has 2 N–H and O–H groups in total. The molecule has 1 aliphatic carbocycles. The molecule has 0 radical (unpaired) electrons. The first kappa shape index (κ1) is 15.3. The van der Waals surface area contributed by atoms with Gasteiger partial charge < -0.3 is 10.6 Å². The van der Waals surface area contributed by atoms with E-state index in [0.717, 1.165) is 50.8 Å². The zero-order chi connectivity index (χ0) is 15.5. The summed E-state index contributed by atoms with van der Waals surface area (Å²) < 4.78 is 0. The van der Waals surface area contributed by atoms with E-state index in [1.807, 2.05) is 11.0 Å². The van der Waals surface area contributed by atoms with Gasteiger partial charge in [-0.3, -0.25) is 4.79 Å². The minimum absolute atomic E-state index is 0.115. The lowest BCUT2D eigenvalue weighted by molar-refractivity contribution is -0.126. The van der Waals surface area contributed by atoms with Crippen LogP contribution in [0.4, 0.5) is 0 Å². The van der Waals surface area contributed by atoms with Crippen molar-refractivity contribution < 1.29 is 4.79 Å². The third-order valence-electron chi connectivity index (χ3n) is 5.25. The van der Waals surface area contributed by atoms with E-state index in [1.165, 1.54) is 5.56 Å².